The van der Waals surface area contributed by atoms with Crippen molar-refractivity contribution in [1.29, 1.82) is 0 Å². The predicted molar refractivity (Wildman–Crippen MR) is 245 cm³/mol. The molecule has 2 aliphatic carbocycles. The van der Waals surface area contributed by atoms with Crippen LogP contribution in [0.1, 0.15) is 126 Å². The minimum absolute atomic E-state index is 0. The molecule has 3 N–H and O–H groups in total. The summed E-state index contributed by atoms with van der Waals surface area (Å²) >= 11 is 0. The largest absolute Gasteiger partial charge is 0.314 e. The topological polar surface area (TPSA) is 108 Å². The Bertz CT molecular complexity index is 2120. The second kappa shape index (κ2) is 21.7. The van der Waals surface area contributed by atoms with Gasteiger partial charge in [-0.1, -0.05) is 84.9 Å². The second-order valence-corrected chi connectivity index (χ2v) is 19.8. The van der Waals surface area contributed by atoms with Crippen LogP contribution in [0.5, 0.6) is 0 Å². The summed E-state index contributed by atoms with van der Waals surface area (Å²) in [7, 11) is -7.15. The Morgan fingerprint density at radius 1 is 0.586 bits per heavy atom. The van der Waals surface area contributed by atoms with Gasteiger partial charge in [-0.15, -0.1) is 12.4 Å². The van der Waals surface area contributed by atoms with Crippen LogP contribution in [0.15, 0.2) is 94.7 Å². The van der Waals surface area contributed by atoms with Crippen molar-refractivity contribution in [2.24, 2.45) is 0 Å². The lowest BCUT2D eigenvalue weighted by atomic mass is 9.87. The number of hydrogen-bond donors (Lipinski definition) is 3. The average Bonchev–Trinajstić information content (AvgIpc) is 3.19. The van der Waals surface area contributed by atoms with E-state index >= 15 is 0 Å². The van der Waals surface area contributed by atoms with Crippen molar-refractivity contribution in [3.05, 3.63) is 118 Å². The fourth-order valence-electron chi connectivity index (χ4n) is 8.00. The van der Waals surface area contributed by atoms with Crippen LogP contribution in [-0.2, 0) is 45.7 Å². The van der Waals surface area contributed by atoms with E-state index < -0.39 is 20.0 Å². The van der Waals surface area contributed by atoms with Gasteiger partial charge in [-0.2, -0.15) is 0 Å². The first kappa shape index (κ1) is 47.3. The highest BCUT2D eigenvalue weighted by atomic mass is 35.5. The number of aryl methyl sites for hydroxylation is 2. The van der Waals surface area contributed by atoms with E-state index in [2.05, 4.69) is 80.3 Å². The molecule has 58 heavy (non-hydrogen) atoms. The van der Waals surface area contributed by atoms with Crippen molar-refractivity contribution >= 4 is 43.8 Å². The van der Waals surface area contributed by atoms with E-state index in [1.54, 1.807) is 24.3 Å². The molecule has 4 aromatic rings. The molecule has 0 amide bonds. The van der Waals surface area contributed by atoms with Crippen molar-refractivity contribution < 1.29 is 16.8 Å². The molecule has 4 aromatic carbocycles. The number of halogens is 1. The number of fused-ring (bicyclic) bond motifs is 2. The fourth-order valence-corrected chi connectivity index (χ4v) is 10.1. The number of hydrogen-bond acceptors (Lipinski definition) is 6. The Hall–Kier alpha value is -3.41. The van der Waals surface area contributed by atoms with E-state index in [9.17, 15) is 16.8 Å². The lowest BCUT2D eigenvalue weighted by Gasteiger charge is -2.35. The van der Waals surface area contributed by atoms with E-state index in [-0.39, 0.29) is 12.4 Å². The minimum Gasteiger partial charge on any atom is -0.314 e. The van der Waals surface area contributed by atoms with Crippen LogP contribution in [0.2, 0.25) is 0 Å². The molecule has 0 radical (unpaired) electrons. The summed E-state index contributed by atoms with van der Waals surface area (Å²) < 4.78 is 56.5. The molecule has 0 heterocycles. The number of sulfonamides is 2. The zero-order valence-corrected chi connectivity index (χ0v) is 38.1. The van der Waals surface area contributed by atoms with Crippen LogP contribution in [0.25, 0.3) is 0 Å². The molecule has 2 atom stereocenters. The molecule has 0 saturated heterocycles. The van der Waals surface area contributed by atoms with Gasteiger partial charge in [0.2, 0.25) is 0 Å². The van der Waals surface area contributed by atoms with Gasteiger partial charge in [-0.3, -0.25) is 9.44 Å². The Morgan fingerprint density at radius 2 is 1.03 bits per heavy atom. The van der Waals surface area contributed by atoms with Crippen molar-refractivity contribution in [3.8, 4) is 0 Å². The number of benzene rings is 4. The van der Waals surface area contributed by atoms with Gasteiger partial charge in [0, 0.05) is 23.5 Å². The first-order valence-corrected chi connectivity index (χ1v) is 24.2. The molecule has 0 aliphatic heterocycles. The van der Waals surface area contributed by atoms with Crippen LogP contribution in [0, 0.1) is 0 Å². The SMILES string of the molecule is CCCN(CCC)[C@@H]1CCc2cc(NS(=O)(=O)c3ccc(C(C)C)cc3)ccc2C1.CCCN[C@@H]1CCc2cc(NS(=O)(=O)c3ccc(C(C)C)cc3)ccc2C1.Cl. The summed E-state index contributed by atoms with van der Waals surface area (Å²) in [5.41, 5.74) is 8.76. The van der Waals surface area contributed by atoms with Gasteiger partial charge in [0.1, 0.15) is 0 Å². The van der Waals surface area contributed by atoms with Crippen LogP contribution in [0.4, 0.5) is 11.4 Å². The predicted octanol–water partition coefficient (Wildman–Crippen LogP) is 10.5. The molecular weight excluding hydrogens is 784 g/mol. The highest BCUT2D eigenvalue weighted by Crippen LogP contribution is 2.30. The molecule has 0 fully saturated rings. The van der Waals surface area contributed by atoms with E-state index in [1.807, 2.05) is 48.5 Å². The first-order valence-electron chi connectivity index (χ1n) is 21.2. The number of nitrogens with one attached hydrogen (secondary N) is 3. The maximum Gasteiger partial charge on any atom is 0.261 e. The van der Waals surface area contributed by atoms with E-state index in [1.165, 1.54) is 35.1 Å². The molecule has 0 bridgehead atoms. The van der Waals surface area contributed by atoms with Crippen molar-refractivity contribution in [3.63, 3.8) is 0 Å². The zero-order valence-electron chi connectivity index (χ0n) is 35.7. The molecule has 8 nitrogen and oxygen atoms in total. The quantitative estimate of drug-likeness (QED) is 0.104. The van der Waals surface area contributed by atoms with Crippen molar-refractivity contribution in [2.45, 2.75) is 140 Å². The van der Waals surface area contributed by atoms with Gasteiger partial charge in [-0.25, -0.2) is 16.8 Å². The third kappa shape index (κ3) is 12.8. The number of rotatable bonds is 16. The number of anilines is 2. The van der Waals surface area contributed by atoms with Gasteiger partial charge in [-0.05, 0) is 171 Å². The Labute approximate surface area is 356 Å². The first-order chi connectivity index (χ1) is 27.2. The number of nitrogens with zero attached hydrogens (tertiary/aromatic N) is 1. The average molecular weight is 852 g/mol. The third-order valence-corrected chi connectivity index (χ3v) is 14.1. The summed E-state index contributed by atoms with van der Waals surface area (Å²) in [5, 5.41) is 3.59. The monoisotopic (exact) mass is 850 g/mol. The van der Waals surface area contributed by atoms with E-state index in [0.29, 0.717) is 45.1 Å². The lowest BCUT2D eigenvalue weighted by molar-refractivity contribution is 0.180. The molecular formula is C47H67ClN4O4S2. The normalized spacial score (nSPS) is 16.5. The molecule has 0 aromatic heterocycles. The molecule has 6 rings (SSSR count). The molecule has 2 aliphatic rings. The van der Waals surface area contributed by atoms with Crippen LogP contribution in [0.3, 0.4) is 0 Å². The van der Waals surface area contributed by atoms with Gasteiger partial charge >= 0.3 is 0 Å². The Balaban J connectivity index is 0.000000254. The molecule has 318 valence electrons. The highest BCUT2D eigenvalue weighted by molar-refractivity contribution is 7.93. The maximum absolute atomic E-state index is 12.8. The van der Waals surface area contributed by atoms with Gasteiger partial charge in [0.25, 0.3) is 20.0 Å². The molecule has 11 heteroatoms. The summed E-state index contributed by atoms with van der Waals surface area (Å²) in [6.07, 6.45) is 9.79. The summed E-state index contributed by atoms with van der Waals surface area (Å²) in [6, 6.07) is 27.4. The van der Waals surface area contributed by atoms with Gasteiger partial charge < -0.3 is 10.2 Å². The fraction of sp³-hybridized carbons (Fsp3) is 0.489. The summed E-state index contributed by atoms with van der Waals surface area (Å²) in [6.45, 7) is 18.4. The van der Waals surface area contributed by atoms with Gasteiger partial charge in [0.15, 0.2) is 0 Å². The highest BCUT2D eigenvalue weighted by Gasteiger charge is 2.25. The second-order valence-electron chi connectivity index (χ2n) is 16.5. The Kier molecular flexibility index (Phi) is 17.7. The van der Waals surface area contributed by atoms with Crippen LogP contribution in [-0.4, -0.2) is 53.5 Å². The third-order valence-electron chi connectivity index (χ3n) is 11.3. The van der Waals surface area contributed by atoms with E-state index in [0.717, 1.165) is 75.7 Å². The maximum atomic E-state index is 12.8. The minimum atomic E-state index is -3.58. The van der Waals surface area contributed by atoms with Crippen LogP contribution < -0.4 is 14.8 Å². The smallest absolute Gasteiger partial charge is 0.261 e. The Morgan fingerprint density at radius 3 is 1.47 bits per heavy atom. The van der Waals surface area contributed by atoms with Crippen molar-refractivity contribution in [1.82, 2.24) is 10.2 Å². The van der Waals surface area contributed by atoms with E-state index in [4.69, 9.17) is 0 Å². The molecule has 0 spiro atoms. The van der Waals surface area contributed by atoms with Crippen LogP contribution >= 0.6 is 12.4 Å². The summed E-state index contributed by atoms with van der Waals surface area (Å²) in [4.78, 5) is 3.23. The molecule has 0 unspecified atom stereocenters. The molecule has 0 saturated carbocycles. The zero-order chi connectivity index (χ0) is 41.2. The standard InChI is InChI=1S/C25H36N2O2S.C22H30N2O2S.ClH/c1-5-15-27(16-6-2)24-12-8-21-17-23(11-7-22(21)18-24)26-30(28,29)25-13-9-20(10-14-25)19(3)4;1-4-13-23-20-9-5-19-15-21(10-6-18(19)14-20)24-27(25,26)22-11-7-17(8-12-22)16(2)3;/h7,9-11,13-14,17,19,24,26H,5-6,8,12,15-16,18H2,1-4H3;6-8,10-12,15-16,20,23-24H,4-5,9,13-14H2,1-3H3;1H/t24-;20-;/m11./s1. The van der Waals surface area contributed by atoms with Gasteiger partial charge in [0.05, 0.1) is 9.79 Å². The lowest BCUT2D eigenvalue weighted by Crippen LogP contribution is -2.40. The van der Waals surface area contributed by atoms with Crippen molar-refractivity contribution in [2.75, 3.05) is 29.1 Å². The summed E-state index contributed by atoms with van der Waals surface area (Å²) in [5.74, 6) is 0.760.